The number of rotatable bonds is 12. The van der Waals surface area contributed by atoms with Crippen LogP contribution < -0.4 is 0 Å². The van der Waals surface area contributed by atoms with Crippen molar-refractivity contribution >= 4 is 11.7 Å². The van der Waals surface area contributed by atoms with Crippen molar-refractivity contribution < 1.29 is 68.3 Å². The Morgan fingerprint density at radius 2 is 1.56 bits per heavy atom. The second kappa shape index (κ2) is 20.8. The van der Waals surface area contributed by atoms with Crippen LogP contribution in [0, 0.1) is 23.7 Å². The molecule has 16 nitrogen and oxygen atoms in total. The number of aliphatic hydroxyl groups is 5. The molecule has 0 aromatic rings. The number of cyclic esters (lactones) is 1. The molecule has 0 spiro atoms. The zero-order chi connectivity index (χ0) is 43.2. The van der Waals surface area contributed by atoms with E-state index in [0.717, 1.165) is 6.42 Å². The molecule has 57 heavy (non-hydrogen) atoms. The van der Waals surface area contributed by atoms with E-state index >= 15 is 0 Å². The van der Waals surface area contributed by atoms with E-state index in [1.165, 1.54) is 14.0 Å². The molecule has 0 radical (unpaired) electrons. The lowest BCUT2D eigenvalue weighted by atomic mass is 9.73. The summed E-state index contributed by atoms with van der Waals surface area (Å²) < 4.78 is 43.1. The number of carbonyl (C=O) groups excluding carboxylic acids is 1. The summed E-state index contributed by atoms with van der Waals surface area (Å²) in [5.74, 6) is -4.06. The summed E-state index contributed by atoms with van der Waals surface area (Å²) in [5.41, 5.74) is -4.42. The third-order valence-electron chi connectivity index (χ3n) is 12.5. The van der Waals surface area contributed by atoms with Gasteiger partial charge in [-0.05, 0) is 81.3 Å². The molecule has 0 amide bonds. The first-order valence-corrected chi connectivity index (χ1v) is 20.8. The molecule has 3 aliphatic heterocycles. The number of methoxy groups -OCH3 is 1. The molecule has 334 valence electrons. The number of aliphatic hydroxyl groups excluding tert-OH is 3. The van der Waals surface area contributed by atoms with Crippen LogP contribution in [-0.4, -0.2) is 161 Å². The van der Waals surface area contributed by atoms with Crippen LogP contribution in [0.25, 0.3) is 0 Å². The molecule has 0 aliphatic carbocycles. The van der Waals surface area contributed by atoms with E-state index in [1.807, 2.05) is 39.8 Å². The van der Waals surface area contributed by atoms with Gasteiger partial charge in [-0.1, -0.05) is 39.8 Å². The maximum absolute atomic E-state index is 14.3. The van der Waals surface area contributed by atoms with E-state index in [0.29, 0.717) is 18.7 Å². The van der Waals surface area contributed by atoms with Crippen molar-refractivity contribution in [3.63, 3.8) is 0 Å². The first-order valence-electron chi connectivity index (χ1n) is 20.8. The summed E-state index contributed by atoms with van der Waals surface area (Å²) in [6.07, 6.45) is -8.57. The second-order valence-corrected chi connectivity index (χ2v) is 17.7. The molecule has 1 unspecified atom stereocenters. The maximum Gasteiger partial charge on any atom is 0.311 e. The Balaban J connectivity index is 2.23. The van der Waals surface area contributed by atoms with Crippen molar-refractivity contribution in [2.45, 2.75) is 193 Å². The lowest BCUT2D eigenvalue weighted by Gasteiger charge is -2.49. The van der Waals surface area contributed by atoms with Crippen LogP contribution in [0.1, 0.15) is 108 Å². The van der Waals surface area contributed by atoms with Gasteiger partial charge in [-0.2, -0.15) is 0 Å². The van der Waals surface area contributed by atoms with E-state index in [2.05, 4.69) is 5.16 Å². The molecular formula is C41H76N2O14. The van der Waals surface area contributed by atoms with Crippen LogP contribution >= 0.6 is 0 Å². The average Bonchev–Trinajstić information content (AvgIpc) is 3.14. The fraction of sp³-hybridized carbons (Fsp3) is 0.951. The van der Waals surface area contributed by atoms with Crippen LogP contribution in [0.4, 0.5) is 0 Å². The lowest BCUT2D eigenvalue weighted by molar-refractivity contribution is -0.317. The average molecular weight is 821 g/mol. The van der Waals surface area contributed by atoms with Crippen LogP contribution in [0.15, 0.2) is 5.16 Å². The zero-order valence-corrected chi connectivity index (χ0v) is 36.9. The topological polar surface area (TPSA) is 208 Å². The van der Waals surface area contributed by atoms with Gasteiger partial charge in [0.1, 0.15) is 23.9 Å². The molecule has 0 aromatic carbocycles. The number of carbonyl (C=O) groups is 1. The minimum atomic E-state index is -1.95. The van der Waals surface area contributed by atoms with Crippen molar-refractivity contribution in [2.75, 3.05) is 34.6 Å². The SMILES string of the molecule is CCCOCO/N=C1\[C@H](C)C[C@@](C)(O)C(O[C@@H]2O[C@H](C)C[C@H](N(C)C)[C@H]2O)[C@@H](C)[C@H](O[C@H]2C[C@@](C)(OC)[C@@H](O)[C@H](C)O2)[C@@H](C)C(=O)O[C@H](CC)[C@@](C)(O)[C@H](O)[C@H]1C. The summed E-state index contributed by atoms with van der Waals surface area (Å²) in [6, 6.07) is -0.320. The molecular weight excluding hydrogens is 744 g/mol. The van der Waals surface area contributed by atoms with E-state index in [9.17, 15) is 30.3 Å². The Bertz CT molecular complexity index is 1290. The first-order chi connectivity index (χ1) is 26.5. The fourth-order valence-electron chi connectivity index (χ4n) is 8.93. The van der Waals surface area contributed by atoms with Crippen LogP contribution in [0.3, 0.4) is 0 Å². The predicted molar refractivity (Wildman–Crippen MR) is 211 cm³/mol. The van der Waals surface area contributed by atoms with Gasteiger partial charge in [0.2, 0.25) is 6.79 Å². The molecule has 3 rings (SSSR count). The van der Waals surface area contributed by atoms with Crippen molar-refractivity contribution in [3.8, 4) is 0 Å². The highest BCUT2D eigenvalue weighted by molar-refractivity contribution is 5.88. The van der Waals surface area contributed by atoms with Crippen LogP contribution in [-0.2, 0) is 42.8 Å². The molecule has 5 N–H and O–H groups in total. The highest BCUT2D eigenvalue weighted by Crippen LogP contribution is 2.41. The second-order valence-electron chi connectivity index (χ2n) is 17.7. The number of hydrogen-bond donors (Lipinski definition) is 5. The predicted octanol–water partition coefficient (Wildman–Crippen LogP) is 2.97. The standard InChI is InChI=1S/C41H76N2O14/c1-15-17-51-21-52-42-31-22(3)19-39(9,48)36(57-38-32(44)28(43(12)13)18-23(4)53-38)25(6)33(56-30-20-40(10,50-14)35(46)27(8)54-30)26(7)37(47)55-29(16-2)41(11,49)34(45)24(31)5/h22-30,32-36,38,44-46,48-49H,15-21H2,1-14H3/b42-31+/t22-,23-,24+,25+,26-,27+,28+,29-,30+,32-,33+,34-,35+,36?,38+,39-,40-,41-/m1/s1. The number of hydrogen-bond acceptors (Lipinski definition) is 16. The van der Waals surface area contributed by atoms with Crippen molar-refractivity contribution in [2.24, 2.45) is 28.8 Å². The maximum atomic E-state index is 14.3. The monoisotopic (exact) mass is 821 g/mol. The normalized spacial score (nSPS) is 46.4. The third kappa shape index (κ3) is 11.9. The Kier molecular flexibility index (Phi) is 18.2. The molecule has 3 heterocycles. The summed E-state index contributed by atoms with van der Waals surface area (Å²) in [4.78, 5) is 21.8. The Labute approximate surface area is 340 Å². The van der Waals surface area contributed by atoms with Gasteiger partial charge in [0.05, 0.1) is 60.0 Å². The number of ether oxygens (including phenoxy) is 7. The van der Waals surface area contributed by atoms with Gasteiger partial charge in [0, 0.05) is 37.3 Å². The smallest absolute Gasteiger partial charge is 0.311 e. The Hall–Kier alpha value is -1.54. The van der Waals surface area contributed by atoms with Crippen molar-refractivity contribution in [1.82, 2.24) is 4.90 Å². The van der Waals surface area contributed by atoms with E-state index in [1.54, 1.807) is 48.5 Å². The molecule has 0 aromatic heterocycles. The van der Waals surface area contributed by atoms with E-state index in [-0.39, 0.29) is 38.2 Å². The summed E-state index contributed by atoms with van der Waals surface area (Å²) in [5, 5.41) is 63.5. The molecule has 16 heteroatoms. The van der Waals surface area contributed by atoms with Gasteiger partial charge in [0.15, 0.2) is 12.6 Å². The molecule has 3 fully saturated rings. The number of likely N-dealkylation sites (N-methyl/N-ethyl adjacent to an activating group) is 1. The van der Waals surface area contributed by atoms with Gasteiger partial charge >= 0.3 is 5.97 Å². The molecule has 3 aliphatic rings. The molecule has 3 saturated heterocycles. The third-order valence-corrected chi connectivity index (χ3v) is 12.5. The van der Waals surface area contributed by atoms with Crippen LogP contribution in [0.2, 0.25) is 0 Å². The minimum absolute atomic E-state index is 0.0116. The summed E-state index contributed by atoms with van der Waals surface area (Å²) >= 11 is 0. The van der Waals surface area contributed by atoms with E-state index in [4.69, 9.17) is 38.0 Å². The van der Waals surface area contributed by atoms with E-state index < -0.39 is 102 Å². The minimum Gasteiger partial charge on any atom is -0.459 e. The quantitative estimate of drug-likeness (QED) is 0.0831. The van der Waals surface area contributed by atoms with Gasteiger partial charge in [0.25, 0.3) is 0 Å². The highest BCUT2D eigenvalue weighted by atomic mass is 16.7. The summed E-state index contributed by atoms with van der Waals surface area (Å²) in [6.45, 7) is 19.3. The van der Waals surface area contributed by atoms with Gasteiger partial charge in [-0.3, -0.25) is 4.79 Å². The molecule has 0 saturated carbocycles. The number of esters is 1. The van der Waals surface area contributed by atoms with Crippen molar-refractivity contribution in [3.05, 3.63) is 0 Å². The molecule has 18 atom stereocenters. The zero-order valence-electron chi connectivity index (χ0n) is 36.9. The largest absolute Gasteiger partial charge is 0.459 e. The Morgan fingerprint density at radius 3 is 2.14 bits per heavy atom. The number of oxime groups is 1. The fourth-order valence-corrected chi connectivity index (χ4v) is 8.93. The van der Waals surface area contributed by atoms with Gasteiger partial charge < -0.3 is 68.4 Å². The summed E-state index contributed by atoms with van der Waals surface area (Å²) in [7, 11) is 5.23. The highest BCUT2D eigenvalue weighted by Gasteiger charge is 2.53. The Morgan fingerprint density at radius 1 is 0.912 bits per heavy atom. The van der Waals surface area contributed by atoms with Crippen LogP contribution in [0.5, 0.6) is 0 Å². The molecule has 0 bridgehead atoms. The first kappa shape index (κ1) is 49.8. The van der Waals surface area contributed by atoms with Gasteiger partial charge in [-0.15, -0.1) is 0 Å². The van der Waals surface area contributed by atoms with Gasteiger partial charge in [-0.25, -0.2) is 0 Å². The van der Waals surface area contributed by atoms with Crippen molar-refractivity contribution in [1.29, 1.82) is 0 Å². The lowest BCUT2D eigenvalue weighted by Crippen LogP contribution is -2.61. The number of nitrogens with zero attached hydrogens (tertiary/aromatic N) is 2.